The third kappa shape index (κ3) is 5.84. The van der Waals surface area contributed by atoms with Crippen LogP contribution >= 0.6 is 0 Å². The molecule has 1 saturated carbocycles. The number of benzene rings is 1. The number of ether oxygens (including phenoxy) is 3. The third-order valence-electron chi connectivity index (χ3n) is 7.18. The predicted molar refractivity (Wildman–Crippen MR) is 147 cm³/mol. The van der Waals surface area contributed by atoms with E-state index < -0.39 is 34.5 Å². The highest BCUT2D eigenvalue weighted by atomic mass is 32.2. The van der Waals surface area contributed by atoms with E-state index in [-0.39, 0.29) is 46.6 Å². The second-order valence-electron chi connectivity index (χ2n) is 10.1. The molecule has 43 heavy (non-hydrogen) atoms. The SMILES string of the molecule is COc1cc(C(=O)NCc2cc3nc(-c4ccc(OC(F)F)c(C5CC5)n4)ccc3cn2)cc2c1COC[C@H](F)S2(=O)=O. The van der Waals surface area contributed by atoms with E-state index >= 15 is 0 Å². The molecule has 0 spiro atoms. The van der Waals surface area contributed by atoms with Gasteiger partial charge in [0.05, 0.1) is 60.1 Å². The number of hydrogen-bond donors (Lipinski definition) is 1. The number of aromatic nitrogens is 3. The molecule has 2 aliphatic rings. The fourth-order valence-corrected chi connectivity index (χ4v) is 6.18. The highest BCUT2D eigenvalue weighted by Gasteiger charge is 2.35. The summed E-state index contributed by atoms with van der Waals surface area (Å²) in [5.74, 6) is -0.400. The maximum Gasteiger partial charge on any atom is 0.387 e. The first-order valence-corrected chi connectivity index (χ1v) is 14.9. The molecule has 4 aromatic rings. The van der Waals surface area contributed by atoms with Crippen LogP contribution in [-0.2, 0) is 27.7 Å². The number of carbonyl (C=O) groups excluding carboxylic acids is 1. The lowest BCUT2D eigenvalue weighted by Gasteiger charge is -2.14. The molecule has 1 N–H and O–H groups in total. The van der Waals surface area contributed by atoms with Gasteiger partial charge in [-0.05, 0) is 55.3 Å². The highest BCUT2D eigenvalue weighted by Crippen LogP contribution is 2.44. The number of pyridine rings is 3. The molecule has 0 radical (unpaired) electrons. The van der Waals surface area contributed by atoms with Gasteiger partial charge in [-0.25, -0.2) is 22.8 Å². The normalized spacial score (nSPS) is 17.7. The Morgan fingerprint density at radius 3 is 2.60 bits per heavy atom. The average Bonchev–Trinajstić information content (AvgIpc) is 3.85. The van der Waals surface area contributed by atoms with Crippen molar-refractivity contribution in [2.45, 2.75) is 48.9 Å². The van der Waals surface area contributed by atoms with Crippen LogP contribution in [0.3, 0.4) is 0 Å². The number of hydrogen-bond acceptors (Lipinski definition) is 9. The maximum atomic E-state index is 14.3. The van der Waals surface area contributed by atoms with Gasteiger partial charge in [0.25, 0.3) is 5.91 Å². The number of sulfone groups is 1. The van der Waals surface area contributed by atoms with Crippen LogP contribution in [-0.4, -0.2) is 55.1 Å². The Morgan fingerprint density at radius 1 is 1.09 bits per heavy atom. The number of rotatable bonds is 8. The zero-order valence-corrected chi connectivity index (χ0v) is 23.5. The molecule has 14 heteroatoms. The molecule has 1 aromatic carbocycles. The summed E-state index contributed by atoms with van der Waals surface area (Å²) in [6.07, 6.45) is 3.29. The van der Waals surface area contributed by atoms with Crippen molar-refractivity contribution in [3.05, 3.63) is 71.2 Å². The Kier molecular flexibility index (Phi) is 7.65. The van der Waals surface area contributed by atoms with E-state index in [1.165, 1.54) is 19.2 Å². The molecule has 1 amide bonds. The minimum atomic E-state index is -4.39. The van der Waals surface area contributed by atoms with Gasteiger partial charge < -0.3 is 19.5 Å². The number of nitrogens with zero attached hydrogens (tertiary/aromatic N) is 3. The number of halogens is 3. The predicted octanol–water partition coefficient (Wildman–Crippen LogP) is 4.71. The van der Waals surface area contributed by atoms with E-state index in [9.17, 15) is 26.4 Å². The molecule has 224 valence electrons. The van der Waals surface area contributed by atoms with Crippen LogP contribution in [0.25, 0.3) is 22.3 Å². The summed E-state index contributed by atoms with van der Waals surface area (Å²) in [4.78, 5) is 26.3. The van der Waals surface area contributed by atoms with Gasteiger partial charge in [-0.1, -0.05) is 0 Å². The van der Waals surface area contributed by atoms with Gasteiger partial charge in [0.1, 0.15) is 11.5 Å². The summed E-state index contributed by atoms with van der Waals surface area (Å²) in [5.41, 5.74) is 0.372. The van der Waals surface area contributed by atoms with Crippen molar-refractivity contribution in [2.24, 2.45) is 0 Å². The molecule has 0 unspecified atom stereocenters. The van der Waals surface area contributed by atoms with Crippen LogP contribution in [0.4, 0.5) is 13.2 Å². The van der Waals surface area contributed by atoms with Crippen LogP contribution in [0.15, 0.2) is 53.6 Å². The summed E-state index contributed by atoms with van der Waals surface area (Å²) in [5, 5.41) is 3.42. The van der Waals surface area contributed by atoms with Crippen molar-refractivity contribution in [1.29, 1.82) is 0 Å². The van der Waals surface area contributed by atoms with Crippen molar-refractivity contribution in [1.82, 2.24) is 20.3 Å². The number of amides is 1. The Balaban J connectivity index is 1.24. The number of fused-ring (bicyclic) bond motifs is 2. The molecule has 4 heterocycles. The monoisotopic (exact) mass is 614 g/mol. The summed E-state index contributed by atoms with van der Waals surface area (Å²) in [6.45, 7) is -3.77. The van der Waals surface area contributed by atoms with E-state index in [0.29, 0.717) is 28.3 Å². The smallest absolute Gasteiger partial charge is 0.387 e. The van der Waals surface area contributed by atoms with Crippen molar-refractivity contribution >= 4 is 26.6 Å². The van der Waals surface area contributed by atoms with E-state index in [4.69, 9.17) is 9.47 Å². The van der Waals surface area contributed by atoms with Gasteiger partial charge in [-0.15, -0.1) is 0 Å². The number of nitrogens with one attached hydrogen (secondary N) is 1. The minimum Gasteiger partial charge on any atom is -0.496 e. The Labute approximate surface area is 244 Å². The number of alkyl halides is 3. The fourth-order valence-electron chi connectivity index (χ4n) is 4.83. The lowest BCUT2D eigenvalue weighted by atomic mass is 10.1. The molecule has 1 aliphatic heterocycles. The van der Waals surface area contributed by atoms with E-state index in [2.05, 4.69) is 25.0 Å². The number of methoxy groups -OCH3 is 1. The lowest BCUT2D eigenvalue weighted by molar-refractivity contribution is -0.0507. The first-order valence-electron chi connectivity index (χ1n) is 13.3. The maximum absolute atomic E-state index is 14.3. The van der Waals surface area contributed by atoms with Gasteiger partial charge >= 0.3 is 6.61 Å². The average molecular weight is 615 g/mol. The molecule has 3 aromatic heterocycles. The summed E-state index contributed by atoms with van der Waals surface area (Å²) in [7, 11) is -3.08. The van der Waals surface area contributed by atoms with E-state index in [1.54, 1.807) is 30.5 Å². The largest absolute Gasteiger partial charge is 0.496 e. The molecule has 0 saturated heterocycles. The fraction of sp³-hybridized carbons (Fsp3) is 0.310. The zero-order valence-electron chi connectivity index (χ0n) is 22.7. The van der Waals surface area contributed by atoms with Crippen LogP contribution in [0.5, 0.6) is 11.5 Å². The van der Waals surface area contributed by atoms with Crippen molar-refractivity contribution in [3.63, 3.8) is 0 Å². The zero-order chi connectivity index (χ0) is 30.3. The molecule has 10 nitrogen and oxygen atoms in total. The highest BCUT2D eigenvalue weighted by molar-refractivity contribution is 7.92. The summed E-state index contributed by atoms with van der Waals surface area (Å²) >= 11 is 0. The molecule has 1 aliphatic carbocycles. The Morgan fingerprint density at radius 2 is 1.86 bits per heavy atom. The molecular formula is C29H25F3N4O6S. The third-order valence-corrected chi connectivity index (χ3v) is 8.96. The van der Waals surface area contributed by atoms with Gasteiger partial charge in [0.15, 0.2) is 0 Å². The minimum absolute atomic E-state index is 0.0224. The topological polar surface area (TPSA) is 130 Å². The quantitative estimate of drug-likeness (QED) is 0.300. The van der Waals surface area contributed by atoms with Crippen molar-refractivity contribution in [2.75, 3.05) is 13.7 Å². The standard InChI is InChI=1S/C29H25F3N4O6S/c1-40-24-8-17(9-25-19(24)13-41-14-26(30)43(25,38)39)28(37)34-12-18-10-22-16(11-33-18)4-5-20(35-22)21-6-7-23(42-29(31)32)27(36-21)15-2-3-15/h4-11,15,26,29H,2-3,12-14H2,1H3,(H,34,37)/t26-/m1/s1. The van der Waals surface area contributed by atoms with Gasteiger partial charge in [-0.3, -0.25) is 9.78 Å². The second-order valence-corrected chi connectivity index (χ2v) is 12.1. The van der Waals surface area contributed by atoms with Crippen LogP contribution in [0, 0.1) is 0 Å². The molecule has 1 fully saturated rings. The molecule has 1 atom stereocenters. The Bertz CT molecular complexity index is 1830. The number of carbonyl (C=O) groups is 1. The first kappa shape index (κ1) is 28.8. The van der Waals surface area contributed by atoms with Crippen LogP contribution < -0.4 is 14.8 Å². The molecule has 0 bridgehead atoms. The molecule has 6 rings (SSSR count). The Hall–Kier alpha value is -4.30. The van der Waals surface area contributed by atoms with Gasteiger partial charge in [-0.2, -0.15) is 8.78 Å². The summed E-state index contributed by atoms with van der Waals surface area (Å²) in [6, 6.07) is 10.8. The van der Waals surface area contributed by atoms with Gasteiger partial charge in [0, 0.05) is 28.6 Å². The second kappa shape index (κ2) is 11.4. The van der Waals surface area contributed by atoms with Gasteiger partial charge in [0.2, 0.25) is 15.3 Å². The van der Waals surface area contributed by atoms with Crippen LogP contribution in [0.2, 0.25) is 0 Å². The molecular weight excluding hydrogens is 589 g/mol. The van der Waals surface area contributed by atoms with Crippen LogP contribution in [0.1, 0.15) is 46.1 Å². The van der Waals surface area contributed by atoms with E-state index in [1.807, 2.05) is 0 Å². The van der Waals surface area contributed by atoms with Crippen molar-refractivity contribution < 1.29 is 40.6 Å². The lowest BCUT2D eigenvalue weighted by Crippen LogP contribution is -2.24. The van der Waals surface area contributed by atoms with E-state index in [0.717, 1.165) is 24.3 Å². The summed E-state index contributed by atoms with van der Waals surface area (Å²) < 4.78 is 80.5. The first-order chi connectivity index (χ1) is 20.6. The van der Waals surface area contributed by atoms with Crippen molar-refractivity contribution in [3.8, 4) is 22.9 Å².